The Morgan fingerprint density at radius 2 is 1.94 bits per heavy atom. The van der Waals surface area contributed by atoms with Gasteiger partial charge in [-0.25, -0.2) is 4.52 Å². The third-order valence-electron chi connectivity index (χ3n) is 2.92. The number of nitrogens with zero attached hydrogens (tertiary/aromatic N) is 3. The highest BCUT2D eigenvalue weighted by atomic mass is 16.1. The van der Waals surface area contributed by atoms with Crippen molar-refractivity contribution in [1.29, 1.82) is 0 Å². The molecule has 2 heterocycles. The van der Waals surface area contributed by atoms with Gasteiger partial charge in [0, 0.05) is 17.2 Å². The number of nitrogens with one attached hydrogen (secondary N) is 2. The van der Waals surface area contributed by atoms with Gasteiger partial charge >= 0.3 is 0 Å². The molecule has 2 rings (SSSR count). The number of hydrogen-bond donors (Lipinski definition) is 2. The topological polar surface area (TPSA) is 75.1 Å². The van der Waals surface area contributed by atoms with Crippen LogP contribution in [0.2, 0.25) is 0 Å². The van der Waals surface area contributed by atoms with Gasteiger partial charge in [0.2, 0.25) is 0 Å². The summed E-state index contributed by atoms with van der Waals surface area (Å²) in [5.74, 6) is 0.649. The van der Waals surface area contributed by atoms with Gasteiger partial charge in [-0.1, -0.05) is 20.8 Å². The maximum absolute atomic E-state index is 10.5. The van der Waals surface area contributed by atoms with Crippen LogP contribution in [0.25, 0.3) is 5.65 Å². The Bertz CT molecular complexity index is 573. The highest BCUT2D eigenvalue weighted by Gasteiger charge is 2.25. The van der Waals surface area contributed by atoms with Crippen molar-refractivity contribution in [3.63, 3.8) is 0 Å². The molecule has 6 nitrogen and oxygen atoms in total. The molecule has 0 aromatic carbocycles. The van der Waals surface area contributed by atoms with Crippen molar-refractivity contribution in [1.82, 2.24) is 25.1 Å². The fraction of sp³-hybridized carbons (Fsp3) is 0.583. The summed E-state index contributed by atoms with van der Waals surface area (Å²) in [6.45, 7) is 10.1. The number of aromatic amines is 1. The summed E-state index contributed by atoms with van der Waals surface area (Å²) >= 11 is 0. The lowest BCUT2D eigenvalue weighted by Gasteiger charge is -2.27. The number of carbonyl (C=O) groups excluding carboxylic acids is 1. The van der Waals surface area contributed by atoms with Crippen LogP contribution in [0.3, 0.4) is 0 Å². The zero-order valence-corrected chi connectivity index (χ0v) is 11.3. The summed E-state index contributed by atoms with van der Waals surface area (Å²) in [6.07, 6.45) is 1.70. The highest BCUT2D eigenvalue weighted by Crippen LogP contribution is 2.24. The van der Waals surface area contributed by atoms with Gasteiger partial charge in [-0.05, 0) is 13.8 Å². The van der Waals surface area contributed by atoms with Gasteiger partial charge in [-0.15, -0.1) is 10.2 Å². The summed E-state index contributed by atoms with van der Waals surface area (Å²) in [4.78, 5) is 10.5. The van der Waals surface area contributed by atoms with Gasteiger partial charge in [0.25, 0.3) is 0 Å². The van der Waals surface area contributed by atoms with Crippen LogP contribution >= 0.6 is 0 Å². The van der Waals surface area contributed by atoms with E-state index in [9.17, 15) is 4.79 Å². The second-order valence-corrected chi connectivity index (χ2v) is 5.99. The third-order valence-corrected chi connectivity index (χ3v) is 2.92. The maximum Gasteiger partial charge on any atom is 0.177 e. The molecule has 0 fully saturated rings. The van der Waals surface area contributed by atoms with E-state index in [0.717, 1.165) is 11.3 Å². The Kier molecular flexibility index (Phi) is 2.68. The van der Waals surface area contributed by atoms with E-state index in [0.29, 0.717) is 5.82 Å². The van der Waals surface area contributed by atoms with Gasteiger partial charge < -0.3 is 10.1 Å². The molecule has 1 amide bonds. The molecule has 0 radical (unpaired) electrons. The first-order chi connectivity index (χ1) is 8.25. The van der Waals surface area contributed by atoms with E-state index < -0.39 is 5.54 Å². The minimum Gasteiger partial charge on any atom is -0.520 e. The van der Waals surface area contributed by atoms with Crippen LogP contribution < -0.4 is 5.32 Å². The van der Waals surface area contributed by atoms with Crippen LogP contribution in [0.5, 0.6) is 0 Å². The Balaban J connectivity index is 2.54. The Morgan fingerprint density at radius 1 is 1.28 bits per heavy atom. The van der Waals surface area contributed by atoms with Crippen LogP contribution in [0, 0.1) is 0 Å². The van der Waals surface area contributed by atoms with Gasteiger partial charge in [0.05, 0.1) is 5.54 Å². The third kappa shape index (κ3) is 1.98. The first-order valence-corrected chi connectivity index (χ1v) is 5.85. The largest absolute Gasteiger partial charge is 0.520 e. The fourth-order valence-electron chi connectivity index (χ4n) is 1.75. The van der Waals surface area contributed by atoms with E-state index in [-0.39, 0.29) is 5.41 Å². The summed E-state index contributed by atoms with van der Waals surface area (Å²) in [5, 5.41) is 14.1. The van der Waals surface area contributed by atoms with Gasteiger partial charge in [-0.3, -0.25) is 5.10 Å². The summed E-state index contributed by atoms with van der Waals surface area (Å²) in [7, 11) is 0. The predicted molar refractivity (Wildman–Crippen MR) is 67.9 cm³/mol. The Labute approximate surface area is 106 Å². The molecule has 2 aromatic heterocycles. The molecule has 2 N–H and O–H groups in total. The molecule has 0 aliphatic heterocycles. The van der Waals surface area contributed by atoms with E-state index in [1.807, 2.05) is 19.9 Å². The molecule has 0 saturated heterocycles. The highest BCUT2D eigenvalue weighted by molar-refractivity contribution is 5.50. The molecule has 6 heteroatoms. The van der Waals surface area contributed by atoms with Crippen LogP contribution in [0.15, 0.2) is 6.07 Å². The molecule has 0 spiro atoms. The SMILES string of the molecule is CC(C)(C)c1cc2nnc(C(C)(C)N[C-]=O)n2[nH]1. The molecular weight excluding hydrogens is 230 g/mol. The molecule has 2 aromatic rings. The summed E-state index contributed by atoms with van der Waals surface area (Å²) < 4.78 is 1.80. The quantitative estimate of drug-likeness (QED) is 0.634. The van der Waals surface area contributed by atoms with Crippen molar-refractivity contribution in [3.8, 4) is 0 Å². The first-order valence-electron chi connectivity index (χ1n) is 5.85. The number of fused-ring (bicyclic) bond motifs is 1. The Hall–Kier alpha value is -1.85. The van der Waals surface area contributed by atoms with Crippen molar-refractivity contribution in [2.24, 2.45) is 0 Å². The second kappa shape index (κ2) is 3.83. The number of H-pyrrole nitrogens is 1. The fourth-order valence-corrected chi connectivity index (χ4v) is 1.75. The van der Waals surface area contributed by atoms with E-state index in [2.05, 4.69) is 41.4 Å². The molecule has 0 unspecified atom stereocenters. The molecule has 0 saturated carbocycles. The summed E-state index contributed by atoms with van der Waals surface area (Å²) in [5.41, 5.74) is 1.20. The standard InChI is InChI=1S/C12H18N5O/c1-11(2,3)8-6-9-14-15-10(17(9)16-8)12(4,5)13-7-18/h6,16H,1-5H3,(H,13,18)/q-1. The monoisotopic (exact) mass is 248 g/mol. The zero-order valence-electron chi connectivity index (χ0n) is 11.3. The predicted octanol–water partition coefficient (Wildman–Crippen LogP) is 1.25. The lowest BCUT2D eigenvalue weighted by atomic mass is 9.93. The average Bonchev–Trinajstić information content (AvgIpc) is 2.72. The van der Waals surface area contributed by atoms with E-state index in [1.165, 1.54) is 0 Å². The van der Waals surface area contributed by atoms with E-state index in [1.54, 1.807) is 10.9 Å². The van der Waals surface area contributed by atoms with E-state index in [4.69, 9.17) is 0 Å². The van der Waals surface area contributed by atoms with Crippen molar-refractivity contribution in [2.45, 2.75) is 45.6 Å². The van der Waals surface area contributed by atoms with Gasteiger partial charge in [0.1, 0.15) is 0 Å². The second-order valence-electron chi connectivity index (χ2n) is 5.99. The minimum absolute atomic E-state index is 0.00628. The van der Waals surface area contributed by atoms with E-state index >= 15 is 0 Å². The maximum atomic E-state index is 10.5. The lowest BCUT2D eigenvalue weighted by molar-refractivity contribution is 0.418. The van der Waals surface area contributed by atoms with Gasteiger partial charge in [-0.2, -0.15) is 6.41 Å². The number of amides is 1. The van der Waals surface area contributed by atoms with Crippen molar-refractivity contribution in [2.75, 3.05) is 0 Å². The molecule has 0 aliphatic carbocycles. The van der Waals surface area contributed by atoms with Crippen molar-refractivity contribution in [3.05, 3.63) is 17.6 Å². The van der Waals surface area contributed by atoms with Crippen LogP contribution in [0.4, 0.5) is 0 Å². The molecule has 98 valence electrons. The smallest absolute Gasteiger partial charge is 0.177 e. The first kappa shape index (κ1) is 12.6. The number of hydrogen-bond acceptors (Lipinski definition) is 3. The molecule has 0 bridgehead atoms. The average molecular weight is 248 g/mol. The molecule has 0 atom stereocenters. The summed E-state index contributed by atoms with van der Waals surface area (Å²) in [6, 6.07) is 1.97. The number of rotatable bonds is 3. The van der Waals surface area contributed by atoms with Crippen molar-refractivity contribution >= 4 is 12.1 Å². The van der Waals surface area contributed by atoms with Crippen molar-refractivity contribution < 1.29 is 4.79 Å². The minimum atomic E-state index is -0.624. The Morgan fingerprint density at radius 3 is 2.50 bits per heavy atom. The zero-order chi connectivity index (χ0) is 13.6. The molecule has 0 aliphatic rings. The van der Waals surface area contributed by atoms with Crippen LogP contribution in [-0.2, 0) is 15.7 Å². The van der Waals surface area contributed by atoms with Gasteiger partial charge in [0.15, 0.2) is 11.5 Å². The molecular formula is C12H18N5O-. The normalized spacial score (nSPS) is 12.9. The molecule has 18 heavy (non-hydrogen) atoms. The number of aromatic nitrogens is 4. The van der Waals surface area contributed by atoms with Crippen LogP contribution in [-0.4, -0.2) is 26.2 Å². The van der Waals surface area contributed by atoms with Crippen LogP contribution in [0.1, 0.15) is 46.1 Å². The lowest BCUT2D eigenvalue weighted by Crippen LogP contribution is -2.37.